The number of fused-ring (bicyclic) bond motifs is 1. The van der Waals surface area contributed by atoms with Crippen molar-refractivity contribution in [2.45, 2.75) is 19.1 Å². The maximum atomic E-state index is 10.9. The van der Waals surface area contributed by atoms with Gasteiger partial charge < -0.3 is 9.64 Å². The number of carbonyl (C=O) groups excluding carboxylic acids is 1. The number of ether oxygens (including phenoxy) is 1. The van der Waals surface area contributed by atoms with Gasteiger partial charge in [-0.05, 0) is 25.0 Å². The molecule has 2 rings (SSSR count). The Balaban J connectivity index is 2.11. The van der Waals surface area contributed by atoms with E-state index in [-0.39, 0.29) is 0 Å². The Bertz CT molecular complexity index is 370. The van der Waals surface area contributed by atoms with E-state index in [1.165, 1.54) is 0 Å². The molecule has 0 radical (unpaired) electrons. The average molecular weight is 240 g/mol. The van der Waals surface area contributed by atoms with Gasteiger partial charge in [-0.3, -0.25) is 4.79 Å². The second-order valence-electron chi connectivity index (χ2n) is 3.70. The van der Waals surface area contributed by atoms with E-state index >= 15 is 0 Å². The molecule has 1 aliphatic heterocycles. The van der Waals surface area contributed by atoms with Crippen molar-refractivity contribution in [1.82, 2.24) is 0 Å². The molecule has 0 saturated heterocycles. The quantitative estimate of drug-likeness (QED) is 0.449. The van der Waals surface area contributed by atoms with Crippen LogP contribution in [0.2, 0.25) is 0 Å². The van der Waals surface area contributed by atoms with Crippen molar-refractivity contribution in [1.29, 1.82) is 0 Å². The SMILES string of the molecule is O=CC1Oc2ccccc2N1CCCCCl. The summed E-state index contributed by atoms with van der Waals surface area (Å²) < 4.78 is 5.52. The summed E-state index contributed by atoms with van der Waals surface area (Å²) in [5, 5.41) is 0. The Hall–Kier alpha value is -1.22. The van der Waals surface area contributed by atoms with E-state index in [4.69, 9.17) is 16.3 Å². The van der Waals surface area contributed by atoms with E-state index in [2.05, 4.69) is 0 Å². The second-order valence-corrected chi connectivity index (χ2v) is 4.08. The molecule has 1 aromatic carbocycles. The summed E-state index contributed by atoms with van der Waals surface area (Å²) in [5.74, 6) is 1.44. The highest BCUT2D eigenvalue weighted by molar-refractivity contribution is 6.17. The lowest BCUT2D eigenvalue weighted by molar-refractivity contribution is -0.113. The van der Waals surface area contributed by atoms with Crippen molar-refractivity contribution >= 4 is 23.6 Å². The molecule has 1 aromatic rings. The number of halogens is 1. The molecule has 0 bridgehead atoms. The molecule has 1 unspecified atom stereocenters. The van der Waals surface area contributed by atoms with Crippen LogP contribution in [-0.2, 0) is 4.79 Å². The van der Waals surface area contributed by atoms with E-state index in [0.29, 0.717) is 5.88 Å². The van der Waals surface area contributed by atoms with Gasteiger partial charge in [-0.1, -0.05) is 12.1 Å². The van der Waals surface area contributed by atoms with E-state index in [9.17, 15) is 4.79 Å². The molecule has 3 nitrogen and oxygen atoms in total. The van der Waals surface area contributed by atoms with E-state index in [1.807, 2.05) is 29.2 Å². The fourth-order valence-electron chi connectivity index (χ4n) is 1.85. The number of aldehydes is 1. The van der Waals surface area contributed by atoms with E-state index < -0.39 is 6.23 Å². The lowest BCUT2D eigenvalue weighted by Gasteiger charge is -2.20. The van der Waals surface area contributed by atoms with Crippen LogP contribution in [0.4, 0.5) is 5.69 Å². The monoisotopic (exact) mass is 239 g/mol. The number of unbranched alkanes of at least 4 members (excludes halogenated alkanes) is 1. The summed E-state index contributed by atoms with van der Waals surface area (Å²) in [6.07, 6.45) is 2.27. The third kappa shape index (κ3) is 2.14. The number of carbonyl (C=O) groups is 1. The fraction of sp³-hybridized carbons (Fsp3) is 0.417. The zero-order chi connectivity index (χ0) is 11.4. The first kappa shape index (κ1) is 11.3. The van der Waals surface area contributed by atoms with Crippen LogP contribution >= 0.6 is 11.6 Å². The molecular formula is C12H14ClNO2. The summed E-state index contributed by atoms with van der Waals surface area (Å²) in [5.41, 5.74) is 0.995. The third-order valence-electron chi connectivity index (χ3n) is 2.63. The first-order valence-corrected chi connectivity index (χ1v) is 5.94. The zero-order valence-electron chi connectivity index (χ0n) is 8.93. The van der Waals surface area contributed by atoms with Crippen molar-refractivity contribution in [3.05, 3.63) is 24.3 Å². The van der Waals surface area contributed by atoms with Crippen molar-refractivity contribution in [2.75, 3.05) is 17.3 Å². The number of anilines is 1. The first-order chi connectivity index (χ1) is 7.86. The molecule has 0 aliphatic carbocycles. The first-order valence-electron chi connectivity index (χ1n) is 5.40. The Kier molecular flexibility index (Phi) is 3.67. The molecule has 4 heteroatoms. The van der Waals surface area contributed by atoms with Crippen molar-refractivity contribution < 1.29 is 9.53 Å². The maximum Gasteiger partial charge on any atom is 0.229 e. The van der Waals surface area contributed by atoms with Gasteiger partial charge in [0.2, 0.25) is 6.23 Å². The minimum Gasteiger partial charge on any atom is -0.461 e. The van der Waals surface area contributed by atoms with Crippen LogP contribution in [0.25, 0.3) is 0 Å². The molecule has 1 heterocycles. The highest BCUT2D eigenvalue weighted by Crippen LogP contribution is 2.36. The Morgan fingerprint density at radius 3 is 2.94 bits per heavy atom. The highest BCUT2D eigenvalue weighted by atomic mass is 35.5. The van der Waals surface area contributed by atoms with Gasteiger partial charge in [0.05, 0.1) is 5.69 Å². The predicted molar refractivity (Wildman–Crippen MR) is 64.2 cm³/mol. The summed E-state index contributed by atoms with van der Waals surface area (Å²) in [6, 6.07) is 7.71. The van der Waals surface area contributed by atoms with Gasteiger partial charge in [0, 0.05) is 12.4 Å². The highest BCUT2D eigenvalue weighted by Gasteiger charge is 2.29. The van der Waals surface area contributed by atoms with Crippen LogP contribution in [0.1, 0.15) is 12.8 Å². The smallest absolute Gasteiger partial charge is 0.229 e. The van der Waals surface area contributed by atoms with Crippen LogP contribution in [0.5, 0.6) is 5.75 Å². The van der Waals surface area contributed by atoms with Crippen LogP contribution < -0.4 is 9.64 Å². The number of para-hydroxylation sites is 2. The van der Waals surface area contributed by atoms with E-state index in [0.717, 1.165) is 37.1 Å². The van der Waals surface area contributed by atoms with E-state index in [1.54, 1.807) is 0 Å². The molecule has 1 atom stereocenters. The lowest BCUT2D eigenvalue weighted by Crippen LogP contribution is -2.36. The molecule has 0 spiro atoms. The zero-order valence-corrected chi connectivity index (χ0v) is 9.69. The van der Waals surface area contributed by atoms with Crippen LogP contribution in [0, 0.1) is 0 Å². The van der Waals surface area contributed by atoms with Gasteiger partial charge in [0.1, 0.15) is 5.75 Å². The minimum absolute atomic E-state index is 0.479. The summed E-state index contributed by atoms with van der Waals surface area (Å²) in [7, 11) is 0. The standard InChI is InChI=1S/C12H14ClNO2/c13-7-3-4-8-14-10-5-1-2-6-11(10)16-12(14)9-15/h1-2,5-6,9,12H,3-4,7-8H2. The van der Waals surface area contributed by atoms with Crippen LogP contribution in [0.3, 0.4) is 0 Å². The Labute approximate surface area is 100.0 Å². The number of hydrogen-bond donors (Lipinski definition) is 0. The van der Waals surface area contributed by atoms with Gasteiger partial charge in [-0.25, -0.2) is 0 Å². The van der Waals surface area contributed by atoms with Gasteiger partial charge in [-0.15, -0.1) is 11.6 Å². The number of nitrogens with zero attached hydrogens (tertiary/aromatic N) is 1. The summed E-state index contributed by atoms with van der Waals surface area (Å²) in [4.78, 5) is 12.9. The molecule has 16 heavy (non-hydrogen) atoms. The average Bonchev–Trinajstić information content (AvgIpc) is 2.68. The minimum atomic E-state index is -0.479. The number of hydrogen-bond acceptors (Lipinski definition) is 3. The third-order valence-corrected chi connectivity index (χ3v) is 2.90. The number of benzene rings is 1. The van der Waals surface area contributed by atoms with Gasteiger partial charge in [-0.2, -0.15) is 0 Å². The number of alkyl halides is 1. The lowest BCUT2D eigenvalue weighted by atomic mass is 10.2. The molecule has 0 fully saturated rings. The van der Waals surface area contributed by atoms with Gasteiger partial charge in [0.15, 0.2) is 6.29 Å². The largest absolute Gasteiger partial charge is 0.461 e. The van der Waals surface area contributed by atoms with Gasteiger partial charge >= 0.3 is 0 Å². The molecule has 0 aromatic heterocycles. The van der Waals surface area contributed by atoms with Gasteiger partial charge in [0.25, 0.3) is 0 Å². The van der Waals surface area contributed by atoms with Crippen LogP contribution in [0.15, 0.2) is 24.3 Å². The maximum absolute atomic E-state index is 10.9. The van der Waals surface area contributed by atoms with Crippen molar-refractivity contribution in [3.8, 4) is 5.75 Å². The predicted octanol–water partition coefficient (Wildman–Crippen LogP) is 2.43. The molecule has 0 N–H and O–H groups in total. The Morgan fingerprint density at radius 1 is 1.38 bits per heavy atom. The molecule has 1 aliphatic rings. The fourth-order valence-corrected chi connectivity index (χ4v) is 2.04. The molecular weight excluding hydrogens is 226 g/mol. The van der Waals surface area contributed by atoms with Crippen molar-refractivity contribution in [2.24, 2.45) is 0 Å². The Morgan fingerprint density at radius 2 is 2.19 bits per heavy atom. The molecule has 0 saturated carbocycles. The summed E-state index contributed by atoms with van der Waals surface area (Å²) >= 11 is 5.64. The normalized spacial score (nSPS) is 18.1. The topological polar surface area (TPSA) is 29.5 Å². The molecule has 0 amide bonds. The molecule has 86 valence electrons. The van der Waals surface area contributed by atoms with Crippen LogP contribution in [-0.4, -0.2) is 24.9 Å². The summed E-state index contributed by atoms with van der Waals surface area (Å²) in [6.45, 7) is 0.799. The van der Waals surface area contributed by atoms with Crippen molar-refractivity contribution in [3.63, 3.8) is 0 Å². The number of rotatable bonds is 5. The second kappa shape index (κ2) is 5.21.